The number of nitrogens with zero attached hydrogens (tertiary/aromatic N) is 1. The third-order valence-electron chi connectivity index (χ3n) is 2.34. The van der Waals surface area contributed by atoms with Crippen molar-refractivity contribution < 1.29 is 10.1 Å². The number of aliphatic hydroxyl groups excluding tert-OH is 1. The molecule has 0 bridgehead atoms. The summed E-state index contributed by atoms with van der Waals surface area (Å²) < 4.78 is 0. The van der Waals surface area contributed by atoms with Crippen LogP contribution >= 0.6 is 0 Å². The van der Waals surface area contributed by atoms with Gasteiger partial charge < -0.3 is 20.3 Å². The Kier molecular flexibility index (Phi) is 4.01. The molecular weight excluding hydrogens is 155 g/mol. The fourth-order valence-corrected chi connectivity index (χ4v) is 1.69. The molecule has 0 unspecified atom stereocenters. The van der Waals surface area contributed by atoms with E-state index in [1.165, 1.54) is 0 Å². The molecule has 1 rings (SSSR count). The van der Waals surface area contributed by atoms with Gasteiger partial charge in [-0.2, -0.15) is 0 Å². The van der Waals surface area contributed by atoms with Crippen LogP contribution in [-0.2, 0) is 0 Å². The lowest BCUT2D eigenvalue weighted by Crippen LogP contribution is -2.56. The van der Waals surface area contributed by atoms with Crippen LogP contribution in [0, 0.1) is 0 Å². The third-order valence-corrected chi connectivity index (χ3v) is 2.34. The van der Waals surface area contributed by atoms with Crippen molar-refractivity contribution in [1.29, 1.82) is 0 Å². The lowest BCUT2D eigenvalue weighted by molar-refractivity contribution is 0.186. The number of hydrogen-bond acceptors (Lipinski definition) is 4. The number of aliphatic hydroxyl groups is 1. The Morgan fingerprint density at radius 3 is 3.00 bits per heavy atom. The molecule has 1 heterocycles. The van der Waals surface area contributed by atoms with Crippen LogP contribution < -0.4 is 5.32 Å². The Morgan fingerprint density at radius 2 is 2.42 bits per heavy atom. The van der Waals surface area contributed by atoms with Crippen molar-refractivity contribution in [3.8, 4) is 0 Å². The molecule has 1 aliphatic rings. The van der Waals surface area contributed by atoms with Crippen LogP contribution in [0.4, 0.5) is 0 Å². The lowest BCUT2D eigenvalue weighted by atomic mass is 9.81. The Balaban J connectivity index is 2.42. The van der Waals surface area contributed by atoms with E-state index in [0.717, 1.165) is 26.1 Å². The highest BCUT2D eigenvalue weighted by atomic mass is 16.3. The van der Waals surface area contributed by atoms with E-state index in [9.17, 15) is 5.02 Å². The van der Waals surface area contributed by atoms with Crippen molar-refractivity contribution >= 4 is 7.05 Å². The number of rotatable bonds is 3. The second-order valence-electron chi connectivity index (χ2n) is 3.24. The number of hydrogen-bond donors (Lipinski definition) is 3. The van der Waals surface area contributed by atoms with Crippen LogP contribution in [0.25, 0.3) is 0 Å². The molecule has 4 nitrogen and oxygen atoms in total. The van der Waals surface area contributed by atoms with E-state index in [-0.39, 0.29) is 12.6 Å². The maximum absolute atomic E-state index is 9.39. The molecule has 1 fully saturated rings. The summed E-state index contributed by atoms with van der Waals surface area (Å²) in [6.45, 7) is 4.62. The van der Waals surface area contributed by atoms with Crippen LogP contribution in [0.1, 0.15) is 6.42 Å². The summed E-state index contributed by atoms with van der Waals surface area (Å²) in [6.07, 6.45) is 0.734. The van der Waals surface area contributed by atoms with Crippen molar-refractivity contribution in [3.63, 3.8) is 0 Å². The largest absolute Gasteiger partial charge is 0.437 e. The van der Waals surface area contributed by atoms with Gasteiger partial charge >= 0.3 is 7.05 Å². The van der Waals surface area contributed by atoms with E-state index >= 15 is 0 Å². The van der Waals surface area contributed by atoms with Gasteiger partial charge in [0.05, 0.1) is 0 Å². The van der Waals surface area contributed by atoms with Gasteiger partial charge in [-0.1, -0.05) is 0 Å². The minimum absolute atomic E-state index is 0.190. The standard InChI is InChI=1S/C7H17BN2O2/c1-8(12)10-4-3-9-6-7(10)2-5-11/h7,9,11-12H,2-6H2,1H3/t7-/m0/s1. The average molecular weight is 172 g/mol. The first-order chi connectivity index (χ1) is 5.75. The van der Waals surface area contributed by atoms with Gasteiger partial charge in [0.2, 0.25) is 0 Å². The molecule has 70 valence electrons. The van der Waals surface area contributed by atoms with Crippen molar-refractivity contribution in [1.82, 2.24) is 10.1 Å². The van der Waals surface area contributed by atoms with Crippen molar-refractivity contribution in [2.45, 2.75) is 19.3 Å². The Labute approximate surface area is 73.7 Å². The fraction of sp³-hybridized carbons (Fsp3) is 1.00. The highest BCUT2D eigenvalue weighted by molar-refractivity contribution is 6.45. The highest BCUT2D eigenvalue weighted by Gasteiger charge is 2.26. The Morgan fingerprint density at radius 1 is 1.67 bits per heavy atom. The molecule has 0 aliphatic carbocycles. The van der Waals surface area contributed by atoms with Gasteiger partial charge in [0.15, 0.2) is 0 Å². The van der Waals surface area contributed by atoms with E-state index in [0.29, 0.717) is 0 Å². The van der Waals surface area contributed by atoms with Gasteiger partial charge in [-0.05, 0) is 13.2 Å². The van der Waals surface area contributed by atoms with E-state index in [4.69, 9.17) is 5.11 Å². The molecule has 0 aromatic rings. The molecule has 1 aliphatic heterocycles. The fourth-order valence-electron chi connectivity index (χ4n) is 1.69. The van der Waals surface area contributed by atoms with Crippen molar-refractivity contribution in [3.05, 3.63) is 0 Å². The SMILES string of the molecule is CB(O)N1CCNC[C@@H]1CCO. The zero-order valence-corrected chi connectivity index (χ0v) is 7.53. The predicted octanol–water partition coefficient (Wildman–Crippen LogP) is -1.25. The number of piperazine rings is 1. The first-order valence-electron chi connectivity index (χ1n) is 4.51. The first-order valence-corrected chi connectivity index (χ1v) is 4.51. The Hall–Kier alpha value is -0.0951. The molecule has 5 heteroatoms. The topological polar surface area (TPSA) is 55.7 Å². The molecule has 0 aromatic carbocycles. The third kappa shape index (κ3) is 2.45. The monoisotopic (exact) mass is 172 g/mol. The minimum atomic E-state index is -0.399. The summed E-state index contributed by atoms with van der Waals surface area (Å²) >= 11 is 0. The quantitative estimate of drug-likeness (QED) is 0.466. The molecule has 1 saturated heterocycles. The summed E-state index contributed by atoms with van der Waals surface area (Å²) in [6, 6.07) is 0.281. The first kappa shape index (κ1) is 9.99. The van der Waals surface area contributed by atoms with Gasteiger partial charge in [-0.3, -0.25) is 0 Å². The van der Waals surface area contributed by atoms with Gasteiger partial charge in [-0.25, -0.2) is 0 Å². The van der Waals surface area contributed by atoms with Gasteiger partial charge in [0, 0.05) is 32.3 Å². The lowest BCUT2D eigenvalue weighted by Gasteiger charge is -2.36. The van der Waals surface area contributed by atoms with E-state index in [1.807, 2.05) is 4.81 Å². The molecule has 0 spiro atoms. The summed E-state index contributed by atoms with van der Waals surface area (Å²) in [7, 11) is -0.399. The Bertz CT molecular complexity index is 133. The van der Waals surface area contributed by atoms with Gasteiger partial charge in [-0.15, -0.1) is 0 Å². The second kappa shape index (κ2) is 4.82. The molecule has 12 heavy (non-hydrogen) atoms. The van der Waals surface area contributed by atoms with E-state index in [1.54, 1.807) is 6.82 Å². The molecule has 1 atom stereocenters. The molecule has 3 N–H and O–H groups in total. The van der Waals surface area contributed by atoms with Crippen LogP contribution in [0.5, 0.6) is 0 Å². The van der Waals surface area contributed by atoms with Crippen molar-refractivity contribution in [2.75, 3.05) is 26.2 Å². The maximum Gasteiger partial charge on any atom is 0.376 e. The molecule has 0 amide bonds. The smallest absolute Gasteiger partial charge is 0.376 e. The number of nitrogens with one attached hydrogen (secondary N) is 1. The van der Waals surface area contributed by atoms with Crippen molar-refractivity contribution in [2.24, 2.45) is 0 Å². The van der Waals surface area contributed by atoms with E-state index in [2.05, 4.69) is 5.32 Å². The molecule has 0 aromatic heterocycles. The van der Waals surface area contributed by atoms with Gasteiger partial charge in [0.1, 0.15) is 0 Å². The second-order valence-corrected chi connectivity index (χ2v) is 3.24. The molecule has 0 radical (unpaired) electrons. The summed E-state index contributed by atoms with van der Waals surface area (Å²) in [5.74, 6) is 0. The zero-order valence-electron chi connectivity index (χ0n) is 7.53. The van der Waals surface area contributed by atoms with Crippen LogP contribution in [0.3, 0.4) is 0 Å². The zero-order chi connectivity index (χ0) is 8.97. The minimum Gasteiger partial charge on any atom is -0.437 e. The normalized spacial score (nSPS) is 25.8. The summed E-state index contributed by atoms with van der Waals surface area (Å²) in [5.41, 5.74) is 0. The maximum atomic E-state index is 9.39. The van der Waals surface area contributed by atoms with Crippen LogP contribution in [0.15, 0.2) is 0 Å². The summed E-state index contributed by atoms with van der Waals surface area (Å²) in [4.78, 5) is 2.02. The molecule has 0 saturated carbocycles. The highest BCUT2D eigenvalue weighted by Crippen LogP contribution is 2.07. The van der Waals surface area contributed by atoms with Crippen LogP contribution in [0.2, 0.25) is 6.82 Å². The van der Waals surface area contributed by atoms with Crippen LogP contribution in [-0.4, -0.2) is 54.3 Å². The molecular formula is C7H17BN2O2. The summed E-state index contributed by atoms with van der Waals surface area (Å²) in [5, 5.41) is 21.4. The van der Waals surface area contributed by atoms with E-state index < -0.39 is 7.05 Å². The van der Waals surface area contributed by atoms with Gasteiger partial charge in [0.25, 0.3) is 0 Å². The predicted molar refractivity (Wildman–Crippen MR) is 48.9 cm³/mol. The average Bonchev–Trinajstić information content (AvgIpc) is 2.05.